The average molecular weight is 227 g/mol. The molecule has 0 bridgehead atoms. The maximum Gasteiger partial charge on any atom is 0.309 e. The van der Waals surface area contributed by atoms with Gasteiger partial charge in [-0.3, -0.25) is 9.79 Å². The maximum absolute atomic E-state index is 11.5. The van der Waals surface area contributed by atoms with Crippen LogP contribution in [-0.2, 0) is 9.53 Å². The van der Waals surface area contributed by atoms with E-state index in [1.807, 2.05) is 18.7 Å². The molecular weight excluding hydrogens is 206 g/mol. The van der Waals surface area contributed by atoms with E-state index in [1.165, 1.54) is 0 Å². The minimum atomic E-state index is -0.0758. The number of carbonyl (C=O) groups is 1. The fourth-order valence-electron chi connectivity index (χ4n) is 1.87. The summed E-state index contributed by atoms with van der Waals surface area (Å²) in [5.41, 5.74) is 5.80. The zero-order valence-electron chi connectivity index (χ0n) is 10.1. The Hall–Kier alpha value is -1.26. The molecule has 0 aromatic carbocycles. The molecule has 0 atom stereocenters. The van der Waals surface area contributed by atoms with Crippen LogP contribution in [0.5, 0.6) is 0 Å². The molecule has 1 saturated heterocycles. The number of likely N-dealkylation sites (tertiary alicyclic amines) is 1. The van der Waals surface area contributed by atoms with E-state index < -0.39 is 0 Å². The van der Waals surface area contributed by atoms with E-state index in [9.17, 15) is 4.79 Å². The zero-order chi connectivity index (χ0) is 12.0. The van der Waals surface area contributed by atoms with Crippen LogP contribution in [0.2, 0.25) is 0 Å². The molecule has 0 aromatic rings. The second kappa shape index (κ2) is 6.35. The third-order valence-corrected chi connectivity index (χ3v) is 2.76. The highest BCUT2D eigenvalue weighted by Crippen LogP contribution is 2.18. The minimum absolute atomic E-state index is 0.0330. The van der Waals surface area contributed by atoms with Crippen molar-refractivity contribution in [3.63, 3.8) is 0 Å². The first-order chi connectivity index (χ1) is 7.69. The molecule has 2 N–H and O–H groups in total. The lowest BCUT2D eigenvalue weighted by atomic mass is 9.97. The van der Waals surface area contributed by atoms with Crippen LogP contribution >= 0.6 is 0 Å². The molecular formula is C11H21N3O2. The van der Waals surface area contributed by atoms with Gasteiger partial charge in [0.2, 0.25) is 0 Å². The molecule has 1 fully saturated rings. The monoisotopic (exact) mass is 227 g/mol. The molecule has 0 aromatic heterocycles. The Balaban J connectivity index is 2.39. The van der Waals surface area contributed by atoms with Crippen LogP contribution < -0.4 is 5.73 Å². The van der Waals surface area contributed by atoms with Crippen LogP contribution in [0.25, 0.3) is 0 Å². The summed E-state index contributed by atoms with van der Waals surface area (Å²) in [6.45, 7) is 6.52. The summed E-state index contributed by atoms with van der Waals surface area (Å²) in [6, 6.07) is 0. The first-order valence-corrected chi connectivity index (χ1v) is 5.90. The van der Waals surface area contributed by atoms with Crippen LogP contribution in [0.15, 0.2) is 4.99 Å². The number of aliphatic imine (C=N–C) groups is 1. The van der Waals surface area contributed by atoms with Crippen LogP contribution in [0.1, 0.15) is 26.7 Å². The van der Waals surface area contributed by atoms with E-state index in [0.717, 1.165) is 25.9 Å². The second-order valence-electron chi connectivity index (χ2n) is 3.85. The van der Waals surface area contributed by atoms with Crippen LogP contribution in [0.3, 0.4) is 0 Å². The molecule has 0 radical (unpaired) electrons. The highest BCUT2D eigenvalue weighted by molar-refractivity contribution is 5.78. The molecule has 0 spiro atoms. The third-order valence-electron chi connectivity index (χ3n) is 2.76. The van der Waals surface area contributed by atoms with Gasteiger partial charge in [0.15, 0.2) is 5.96 Å². The number of guanidine groups is 1. The Bertz CT molecular complexity index is 258. The molecule has 5 nitrogen and oxygen atoms in total. The smallest absolute Gasteiger partial charge is 0.309 e. The van der Waals surface area contributed by atoms with Crippen molar-refractivity contribution < 1.29 is 9.53 Å². The molecule has 0 aliphatic carbocycles. The SMILES string of the molecule is CCN=C(N)N1CCC(C(=O)OCC)CC1. The Morgan fingerprint density at radius 3 is 2.56 bits per heavy atom. The molecule has 0 saturated carbocycles. The number of esters is 1. The lowest BCUT2D eigenvalue weighted by Crippen LogP contribution is -2.44. The normalized spacial score (nSPS) is 18.6. The highest BCUT2D eigenvalue weighted by atomic mass is 16.5. The van der Waals surface area contributed by atoms with Gasteiger partial charge in [-0.15, -0.1) is 0 Å². The van der Waals surface area contributed by atoms with Crippen LogP contribution in [0, 0.1) is 5.92 Å². The standard InChI is InChI=1S/C11H21N3O2/c1-3-13-11(12)14-7-5-9(6-8-14)10(15)16-4-2/h9H,3-8H2,1-2H3,(H2,12,13). The fraction of sp³-hybridized carbons (Fsp3) is 0.818. The summed E-state index contributed by atoms with van der Waals surface area (Å²) in [6.07, 6.45) is 1.61. The van der Waals surface area contributed by atoms with Gasteiger partial charge in [0.05, 0.1) is 12.5 Å². The summed E-state index contributed by atoms with van der Waals surface area (Å²) in [7, 11) is 0. The van der Waals surface area contributed by atoms with Crippen molar-refractivity contribution in [1.29, 1.82) is 0 Å². The zero-order valence-corrected chi connectivity index (χ0v) is 10.1. The number of hydrogen-bond acceptors (Lipinski definition) is 3. The van der Waals surface area contributed by atoms with Crippen molar-refractivity contribution in [3.05, 3.63) is 0 Å². The van der Waals surface area contributed by atoms with Gasteiger partial charge >= 0.3 is 5.97 Å². The van der Waals surface area contributed by atoms with E-state index >= 15 is 0 Å². The van der Waals surface area contributed by atoms with E-state index in [0.29, 0.717) is 19.1 Å². The fourth-order valence-corrected chi connectivity index (χ4v) is 1.87. The van der Waals surface area contributed by atoms with Gasteiger partial charge in [-0.2, -0.15) is 0 Å². The number of nitrogens with two attached hydrogens (primary N) is 1. The molecule has 1 heterocycles. The van der Waals surface area contributed by atoms with Gasteiger partial charge in [0, 0.05) is 19.6 Å². The van der Waals surface area contributed by atoms with Crippen molar-refractivity contribution in [2.24, 2.45) is 16.6 Å². The van der Waals surface area contributed by atoms with Crippen molar-refractivity contribution in [2.75, 3.05) is 26.2 Å². The van der Waals surface area contributed by atoms with Gasteiger partial charge in [0.1, 0.15) is 0 Å². The van der Waals surface area contributed by atoms with Gasteiger partial charge in [-0.25, -0.2) is 0 Å². The number of ether oxygens (including phenoxy) is 1. The predicted molar refractivity (Wildman–Crippen MR) is 63.1 cm³/mol. The minimum Gasteiger partial charge on any atom is -0.466 e. The number of carbonyl (C=O) groups excluding carboxylic acids is 1. The summed E-state index contributed by atoms with van der Waals surface area (Å²) < 4.78 is 5.01. The van der Waals surface area contributed by atoms with Gasteiger partial charge in [0.25, 0.3) is 0 Å². The average Bonchev–Trinajstić information content (AvgIpc) is 2.30. The van der Waals surface area contributed by atoms with Crippen molar-refractivity contribution in [1.82, 2.24) is 4.90 Å². The largest absolute Gasteiger partial charge is 0.466 e. The number of rotatable bonds is 3. The van der Waals surface area contributed by atoms with Gasteiger partial charge < -0.3 is 15.4 Å². The lowest BCUT2D eigenvalue weighted by molar-refractivity contribution is -0.149. The second-order valence-corrected chi connectivity index (χ2v) is 3.85. The van der Waals surface area contributed by atoms with Gasteiger partial charge in [-0.05, 0) is 26.7 Å². The number of nitrogens with zero attached hydrogens (tertiary/aromatic N) is 2. The summed E-state index contributed by atoms with van der Waals surface area (Å²) in [4.78, 5) is 17.7. The predicted octanol–water partition coefficient (Wildman–Crippen LogP) is 0.596. The maximum atomic E-state index is 11.5. The van der Waals surface area contributed by atoms with Crippen molar-refractivity contribution >= 4 is 11.9 Å². The van der Waals surface area contributed by atoms with Crippen molar-refractivity contribution in [2.45, 2.75) is 26.7 Å². The quantitative estimate of drug-likeness (QED) is 0.435. The van der Waals surface area contributed by atoms with Crippen molar-refractivity contribution in [3.8, 4) is 0 Å². The Morgan fingerprint density at radius 2 is 2.06 bits per heavy atom. The number of hydrogen-bond donors (Lipinski definition) is 1. The first-order valence-electron chi connectivity index (χ1n) is 5.90. The van der Waals surface area contributed by atoms with E-state index in [2.05, 4.69) is 4.99 Å². The Kier molecular flexibility index (Phi) is 5.08. The highest BCUT2D eigenvalue weighted by Gasteiger charge is 2.26. The molecule has 5 heteroatoms. The Labute approximate surface area is 96.7 Å². The first kappa shape index (κ1) is 12.8. The van der Waals surface area contributed by atoms with E-state index in [4.69, 9.17) is 10.5 Å². The Morgan fingerprint density at radius 1 is 1.44 bits per heavy atom. The number of piperidine rings is 1. The molecule has 1 aliphatic heterocycles. The summed E-state index contributed by atoms with van der Waals surface area (Å²) in [5, 5.41) is 0. The van der Waals surface area contributed by atoms with E-state index in [1.54, 1.807) is 0 Å². The summed E-state index contributed by atoms with van der Waals surface area (Å²) >= 11 is 0. The van der Waals surface area contributed by atoms with Gasteiger partial charge in [-0.1, -0.05) is 0 Å². The molecule has 0 unspecified atom stereocenters. The topological polar surface area (TPSA) is 67.9 Å². The molecule has 92 valence electrons. The molecule has 16 heavy (non-hydrogen) atoms. The van der Waals surface area contributed by atoms with Crippen LogP contribution in [-0.4, -0.2) is 43.1 Å². The molecule has 0 amide bonds. The molecule has 1 aliphatic rings. The summed E-state index contributed by atoms with van der Waals surface area (Å²) in [5.74, 6) is 0.545. The lowest BCUT2D eigenvalue weighted by Gasteiger charge is -2.31. The van der Waals surface area contributed by atoms with E-state index in [-0.39, 0.29) is 11.9 Å². The van der Waals surface area contributed by atoms with Crippen LogP contribution in [0.4, 0.5) is 0 Å². The molecule has 1 rings (SSSR count). The third kappa shape index (κ3) is 3.40.